The Morgan fingerprint density at radius 2 is 1.79 bits per heavy atom. The number of halogens is 1. The van der Waals surface area contributed by atoms with Crippen molar-refractivity contribution in [3.63, 3.8) is 0 Å². The van der Waals surface area contributed by atoms with Gasteiger partial charge in [0.2, 0.25) is 10.0 Å². The first-order valence-corrected chi connectivity index (χ1v) is 11.1. The summed E-state index contributed by atoms with van der Waals surface area (Å²) in [7, 11) is -2.08. The van der Waals surface area contributed by atoms with E-state index in [1.165, 1.54) is 4.31 Å². The molecule has 0 spiro atoms. The molecule has 3 aromatic carbocycles. The Bertz CT molecular complexity index is 1120. The van der Waals surface area contributed by atoms with Gasteiger partial charge in [-0.05, 0) is 53.9 Å². The molecule has 1 N–H and O–H groups in total. The van der Waals surface area contributed by atoms with E-state index in [1.54, 1.807) is 25.3 Å². The van der Waals surface area contributed by atoms with Crippen molar-refractivity contribution in [2.24, 2.45) is 0 Å². The molecule has 7 heteroatoms. The van der Waals surface area contributed by atoms with Crippen LogP contribution in [0.15, 0.2) is 77.7 Å². The summed E-state index contributed by atoms with van der Waals surface area (Å²) in [6.07, 6.45) is 0.0399. The van der Waals surface area contributed by atoms with E-state index in [0.717, 1.165) is 11.1 Å². The maximum atomic E-state index is 13.5. The van der Waals surface area contributed by atoms with Gasteiger partial charge in [-0.2, -0.15) is 4.31 Å². The van der Waals surface area contributed by atoms with Gasteiger partial charge in [0.05, 0.1) is 12.8 Å². The van der Waals surface area contributed by atoms with Gasteiger partial charge in [0.15, 0.2) is 0 Å². The van der Waals surface area contributed by atoms with Gasteiger partial charge in [-0.3, -0.25) is 0 Å². The number of rotatable bonds is 5. The highest BCUT2D eigenvalue weighted by atomic mass is 35.5. The zero-order valence-electron chi connectivity index (χ0n) is 15.9. The van der Waals surface area contributed by atoms with Crippen molar-refractivity contribution < 1.29 is 13.2 Å². The molecule has 0 saturated carbocycles. The minimum atomic E-state index is -3.67. The molecule has 150 valence electrons. The van der Waals surface area contributed by atoms with Gasteiger partial charge in [0.1, 0.15) is 16.8 Å². The van der Waals surface area contributed by atoms with Crippen LogP contribution in [0.3, 0.4) is 0 Å². The van der Waals surface area contributed by atoms with Crippen LogP contribution in [-0.2, 0) is 16.4 Å². The molecule has 1 aliphatic rings. The molecule has 4 rings (SSSR count). The average Bonchev–Trinajstić information content (AvgIpc) is 2.74. The number of para-hydroxylation sites is 1. The Hall–Kier alpha value is -2.54. The van der Waals surface area contributed by atoms with Crippen LogP contribution in [0.1, 0.15) is 17.3 Å². The summed E-state index contributed by atoms with van der Waals surface area (Å²) in [6.45, 7) is 0.327. The minimum Gasteiger partial charge on any atom is -0.497 e. The number of nitrogens with zero attached hydrogens (tertiary/aromatic N) is 1. The largest absolute Gasteiger partial charge is 0.497 e. The molecule has 0 fully saturated rings. The molecule has 5 nitrogen and oxygen atoms in total. The fourth-order valence-electron chi connectivity index (χ4n) is 3.50. The van der Waals surface area contributed by atoms with E-state index in [9.17, 15) is 8.42 Å². The van der Waals surface area contributed by atoms with Crippen LogP contribution in [0, 0.1) is 0 Å². The zero-order valence-corrected chi connectivity index (χ0v) is 17.5. The van der Waals surface area contributed by atoms with Gasteiger partial charge in [-0.1, -0.05) is 48.0 Å². The molecule has 0 amide bonds. The number of methoxy groups -OCH3 is 1. The first kappa shape index (κ1) is 19.8. The number of hydrogen-bond donors (Lipinski definition) is 1. The first-order chi connectivity index (χ1) is 14.0. The second kappa shape index (κ2) is 8.06. The van der Waals surface area contributed by atoms with Gasteiger partial charge in [-0.15, -0.1) is 0 Å². The van der Waals surface area contributed by atoms with Crippen molar-refractivity contribution in [1.82, 2.24) is 4.31 Å². The first-order valence-electron chi connectivity index (χ1n) is 9.25. The molecule has 1 atom stereocenters. The summed E-state index contributed by atoms with van der Waals surface area (Å²) in [4.78, 5) is 0.287. The third kappa shape index (κ3) is 3.96. The number of sulfonamides is 1. The lowest BCUT2D eigenvalue weighted by Crippen LogP contribution is -2.43. The summed E-state index contributed by atoms with van der Waals surface area (Å²) in [6, 6.07) is 21.9. The molecule has 1 heterocycles. The molecular formula is C22H21ClN2O3S. The maximum Gasteiger partial charge on any atom is 0.247 e. The predicted molar refractivity (Wildman–Crippen MR) is 115 cm³/mol. The van der Waals surface area contributed by atoms with Crippen molar-refractivity contribution >= 4 is 27.3 Å². The molecule has 0 unspecified atom stereocenters. The molecule has 0 saturated heterocycles. The number of fused-ring (bicyclic) bond motifs is 1. The van der Waals surface area contributed by atoms with Gasteiger partial charge < -0.3 is 10.1 Å². The molecule has 3 aromatic rings. The summed E-state index contributed by atoms with van der Waals surface area (Å²) in [5.74, 6) is 0.679. The van der Waals surface area contributed by atoms with Crippen molar-refractivity contribution in [3.8, 4) is 5.75 Å². The highest BCUT2D eigenvalue weighted by molar-refractivity contribution is 7.89. The summed E-state index contributed by atoms with van der Waals surface area (Å²) in [5.41, 5.74) is 2.44. The van der Waals surface area contributed by atoms with E-state index in [2.05, 4.69) is 5.32 Å². The van der Waals surface area contributed by atoms with E-state index in [1.807, 2.05) is 54.6 Å². The third-order valence-corrected chi connectivity index (χ3v) is 7.17. The lowest BCUT2D eigenvalue weighted by atomic mass is 10.1. The van der Waals surface area contributed by atoms with E-state index in [4.69, 9.17) is 16.3 Å². The Labute approximate surface area is 175 Å². The maximum absolute atomic E-state index is 13.5. The quantitative estimate of drug-likeness (QED) is 0.639. The number of ether oxygens (including phenoxy) is 1. The van der Waals surface area contributed by atoms with E-state index in [0.29, 0.717) is 29.4 Å². The Balaban J connectivity index is 1.73. The average molecular weight is 429 g/mol. The van der Waals surface area contributed by atoms with Crippen molar-refractivity contribution in [3.05, 3.63) is 88.9 Å². The third-order valence-electron chi connectivity index (χ3n) is 5.00. The number of hydrogen-bond acceptors (Lipinski definition) is 4. The number of nitrogens with one attached hydrogen (secondary N) is 1. The van der Waals surface area contributed by atoms with Crippen molar-refractivity contribution in [2.45, 2.75) is 17.5 Å². The van der Waals surface area contributed by atoms with E-state index in [-0.39, 0.29) is 4.90 Å². The van der Waals surface area contributed by atoms with Gasteiger partial charge >= 0.3 is 0 Å². The van der Waals surface area contributed by atoms with E-state index < -0.39 is 16.2 Å². The van der Waals surface area contributed by atoms with Crippen LogP contribution in [0.2, 0.25) is 5.02 Å². The molecule has 1 aliphatic heterocycles. The van der Waals surface area contributed by atoms with Gasteiger partial charge in [-0.25, -0.2) is 8.42 Å². The summed E-state index contributed by atoms with van der Waals surface area (Å²) < 4.78 is 33.7. The fraction of sp³-hybridized carbons (Fsp3) is 0.182. The zero-order chi connectivity index (χ0) is 20.4. The van der Waals surface area contributed by atoms with Crippen LogP contribution >= 0.6 is 11.6 Å². The number of anilines is 1. The monoisotopic (exact) mass is 428 g/mol. The molecule has 0 aromatic heterocycles. The smallest absolute Gasteiger partial charge is 0.247 e. The summed E-state index contributed by atoms with van der Waals surface area (Å²) in [5, 5.41) is 4.04. The lowest BCUT2D eigenvalue weighted by molar-refractivity contribution is 0.343. The molecule has 0 aliphatic carbocycles. The van der Waals surface area contributed by atoms with E-state index >= 15 is 0 Å². The van der Waals surface area contributed by atoms with Gasteiger partial charge in [0, 0.05) is 11.6 Å². The van der Waals surface area contributed by atoms with Crippen LogP contribution in [0.4, 0.5) is 5.69 Å². The Morgan fingerprint density at radius 3 is 2.55 bits per heavy atom. The van der Waals surface area contributed by atoms with Gasteiger partial charge in [0.25, 0.3) is 0 Å². The lowest BCUT2D eigenvalue weighted by Gasteiger charge is -2.37. The molecule has 29 heavy (non-hydrogen) atoms. The fourth-order valence-corrected chi connectivity index (χ4v) is 5.31. The van der Waals surface area contributed by atoms with Crippen molar-refractivity contribution in [1.29, 1.82) is 0 Å². The molecule has 0 bridgehead atoms. The second-order valence-electron chi connectivity index (χ2n) is 6.81. The Kier molecular flexibility index (Phi) is 5.50. The van der Waals surface area contributed by atoms with Crippen LogP contribution in [-0.4, -0.2) is 26.4 Å². The highest BCUT2D eigenvalue weighted by Crippen LogP contribution is 2.38. The molecular weight excluding hydrogens is 408 g/mol. The van der Waals surface area contributed by atoms with Crippen molar-refractivity contribution in [2.75, 3.05) is 19.0 Å². The Morgan fingerprint density at radius 1 is 1.03 bits per heavy atom. The SMILES string of the molecule is COc1cccc([C@@H]2Nc3ccccc3S(=O)(=O)N2CCc2ccc(Cl)cc2)c1. The van der Waals surface area contributed by atoms with Crippen LogP contribution < -0.4 is 10.1 Å². The summed E-state index contributed by atoms with van der Waals surface area (Å²) >= 11 is 5.97. The normalized spacial score (nSPS) is 17.9. The standard InChI is InChI=1S/C22H21ClN2O3S/c1-28-19-6-4-5-17(15-19)22-24-20-7-2-3-8-21(20)29(26,27)25(22)14-13-16-9-11-18(23)12-10-16/h2-12,15,22,24H,13-14H2,1H3/t22-/m1/s1. The molecule has 0 radical (unpaired) electrons. The topological polar surface area (TPSA) is 58.6 Å². The number of benzene rings is 3. The second-order valence-corrected chi connectivity index (χ2v) is 9.11. The van der Waals surface area contributed by atoms with Crippen LogP contribution in [0.5, 0.6) is 5.75 Å². The minimum absolute atomic E-state index is 0.287. The van der Waals surface area contributed by atoms with Crippen LogP contribution in [0.25, 0.3) is 0 Å². The predicted octanol–water partition coefficient (Wildman–Crippen LogP) is 4.71. The highest BCUT2D eigenvalue weighted by Gasteiger charge is 2.38.